The summed E-state index contributed by atoms with van der Waals surface area (Å²) in [6.07, 6.45) is 2.22. The summed E-state index contributed by atoms with van der Waals surface area (Å²) in [6.45, 7) is 3.48. The number of halogens is 1. The van der Waals surface area contributed by atoms with Crippen molar-refractivity contribution in [1.82, 2.24) is 0 Å². The molecule has 0 bridgehead atoms. The van der Waals surface area contributed by atoms with E-state index in [1.807, 2.05) is 55.5 Å². The van der Waals surface area contributed by atoms with Crippen LogP contribution in [0.2, 0.25) is 0 Å². The minimum atomic E-state index is -3.88. The van der Waals surface area contributed by atoms with Gasteiger partial charge in [-0.1, -0.05) is 70.0 Å². The van der Waals surface area contributed by atoms with E-state index in [0.717, 1.165) is 21.2 Å². The van der Waals surface area contributed by atoms with Gasteiger partial charge in [-0.15, -0.1) is 0 Å². The molecule has 31 heavy (non-hydrogen) atoms. The first-order valence-corrected chi connectivity index (χ1v) is 12.2. The molecule has 1 atom stereocenters. The zero-order valence-electron chi connectivity index (χ0n) is 17.2. The second kappa shape index (κ2) is 8.44. The largest absolute Gasteiger partial charge is 0.300 e. The van der Waals surface area contributed by atoms with Gasteiger partial charge in [0.25, 0.3) is 10.0 Å². The zero-order chi connectivity index (χ0) is 22.2. The molecule has 1 heterocycles. The molecule has 0 aromatic heterocycles. The molecule has 4 nitrogen and oxygen atoms in total. The highest BCUT2D eigenvalue weighted by Crippen LogP contribution is 2.44. The summed E-state index contributed by atoms with van der Waals surface area (Å²) in [5.41, 5.74) is 3.71. The number of allylic oxidation sites excluding steroid dienone is 1. The van der Waals surface area contributed by atoms with E-state index in [2.05, 4.69) is 15.9 Å². The van der Waals surface area contributed by atoms with Crippen LogP contribution in [0, 0.1) is 6.92 Å². The van der Waals surface area contributed by atoms with Crippen LogP contribution in [0.3, 0.4) is 0 Å². The number of hydrogen-bond acceptors (Lipinski definition) is 3. The normalized spacial score (nSPS) is 15.9. The van der Waals surface area contributed by atoms with Gasteiger partial charge >= 0.3 is 0 Å². The maximum absolute atomic E-state index is 13.8. The van der Waals surface area contributed by atoms with Crippen molar-refractivity contribution in [2.75, 3.05) is 4.31 Å². The van der Waals surface area contributed by atoms with Crippen LogP contribution in [-0.4, -0.2) is 14.2 Å². The number of Topliss-reactive ketones (excluding diaryl/α,β-unsaturated/α-hetero) is 1. The van der Waals surface area contributed by atoms with E-state index in [1.165, 1.54) is 4.31 Å². The number of para-hydroxylation sites is 1. The van der Waals surface area contributed by atoms with Crippen molar-refractivity contribution >= 4 is 43.1 Å². The van der Waals surface area contributed by atoms with Crippen molar-refractivity contribution in [3.63, 3.8) is 0 Å². The predicted octanol–water partition coefficient (Wildman–Crippen LogP) is 6.07. The van der Waals surface area contributed by atoms with E-state index in [0.29, 0.717) is 17.8 Å². The number of aryl methyl sites for hydroxylation is 1. The Labute approximate surface area is 191 Å². The molecule has 1 aliphatic heterocycles. The summed E-state index contributed by atoms with van der Waals surface area (Å²) < 4.78 is 30.0. The van der Waals surface area contributed by atoms with Crippen LogP contribution in [-0.2, 0) is 14.8 Å². The van der Waals surface area contributed by atoms with Gasteiger partial charge in [0.15, 0.2) is 0 Å². The topological polar surface area (TPSA) is 54.5 Å². The van der Waals surface area contributed by atoms with Crippen molar-refractivity contribution in [3.8, 4) is 0 Å². The highest BCUT2D eigenvalue weighted by Gasteiger charge is 2.35. The fraction of sp³-hybridized carbons (Fsp3) is 0.160. The summed E-state index contributed by atoms with van der Waals surface area (Å²) in [5, 5.41) is 0. The zero-order valence-corrected chi connectivity index (χ0v) is 19.7. The number of benzene rings is 3. The monoisotopic (exact) mass is 495 g/mol. The van der Waals surface area contributed by atoms with Crippen molar-refractivity contribution in [2.45, 2.75) is 31.1 Å². The van der Waals surface area contributed by atoms with Gasteiger partial charge in [-0.3, -0.25) is 4.79 Å². The molecule has 6 heteroatoms. The minimum Gasteiger partial charge on any atom is -0.300 e. The van der Waals surface area contributed by atoms with Gasteiger partial charge in [-0.25, -0.2) is 12.7 Å². The van der Waals surface area contributed by atoms with Crippen molar-refractivity contribution in [3.05, 3.63) is 100 Å². The van der Waals surface area contributed by atoms with Gasteiger partial charge in [0.2, 0.25) is 0 Å². The molecule has 0 radical (unpaired) electrons. The third kappa shape index (κ3) is 4.23. The number of hydrogen-bond donors (Lipinski definition) is 0. The Kier molecular flexibility index (Phi) is 5.86. The fourth-order valence-corrected chi connectivity index (χ4v) is 5.66. The number of carbonyl (C=O) groups excluding carboxylic acids is 1. The van der Waals surface area contributed by atoms with Crippen molar-refractivity contribution in [1.29, 1.82) is 0 Å². The fourth-order valence-electron chi connectivity index (χ4n) is 3.85. The molecule has 4 rings (SSSR count). The highest BCUT2D eigenvalue weighted by molar-refractivity contribution is 9.10. The first-order valence-electron chi connectivity index (χ1n) is 9.95. The Morgan fingerprint density at radius 2 is 1.61 bits per heavy atom. The average Bonchev–Trinajstić information content (AvgIpc) is 2.74. The Morgan fingerprint density at radius 1 is 0.968 bits per heavy atom. The van der Waals surface area contributed by atoms with E-state index in [-0.39, 0.29) is 16.6 Å². The van der Waals surface area contributed by atoms with E-state index < -0.39 is 10.0 Å². The van der Waals surface area contributed by atoms with E-state index >= 15 is 0 Å². The van der Waals surface area contributed by atoms with Crippen LogP contribution < -0.4 is 4.31 Å². The lowest BCUT2D eigenvalue weighted by molar-refractivity contribution is -0.117. The molecule has 0 saturated carbocycles. The quantitative estimate of drug-likeness (QED) is 0.431. The Hall–Kier alpha value is -2.70. The van der Waals surface area contributed by atoms with Gasteiger partial charge in [0.05, 0.1) is 16.3 Å². The molecule has 0 fully saturated rings. The first-order chi connectivity index (χ1) is 14.8. The lowest BCUT2D eigenvalue weighted by Crippen LogP contribution is -2.33. The molecular formula is C25H22BrNO3S. The molecule has 3 aromatic rings. The third-order valence-electron chi connectivity index (χ3n) is 5.34. The molecule has 158 valence electrons. The van der Waals surface area contributed by atoms with Gasteiger partial charge in [0.1, 0.15) is 5.78 Å². The molecule has 3 aromatic carbocycles. The lowest BCUT2D eigenvalue weighted by atomic mass is 9.88. The first kappa shape index (κ1) is 21.5. The lowest BCUT2D eigenvalue weighted by Gasteiger charge is -2.35. The number of fused-ring (bicyclic) bond motifs is 1. The highest BCUT2D eigenvalue weighted by atomic mass is 79.9. The number of carbonyl (C=O) groups is 1. The maximum Gasteiger partial charge on any atom is 0.268 e. The van der Waals surface area contributed by atoms with E-state index in [4.69, 9.17) is 0 Å². The third-order valence-corrected chi connectivity index (χ3v) is 7.61. The van der Waals surface area contributed by atoms with Crippen LogP contribution in [0.1, 0.15) is 36.0 Å². The number of ketones is 1. The van der Waals surface area contributed by atoms with Gasteiger partial charge in [-0.2, -0.15) is 0 Å². The van der Waals surface area contributed by atoms with Crippen LogP contribution in [0.5, 0.6) is 0 Å². The molecule has 0 spiro atoms. The number of nitrogens with zero attached hydrogens (tertiary/aromatic N) is 1. The van der Waals surface area contributed by atoms with Gasteiger partial charge in [0, 0.05) is 16.8 Å². The molecule has 0 saturated heterocycles. The summed E-state index contributed by atoms with van der Waals surface area (Å²) >= 11 is 3.44. The molecular weight excluding hydrogens is 474 g/mol. The Bertz CT molecular complexity index is 1260. The average molecular weight is 496 g/mol. The molecule has 0 N–H and O–H groups in total. The summed E-state index contributed by atoms with van der Waals surface area (Å²) in [6, 6.07) is 21.8. The summed E-state index contributed by atoms with van der Waals surface area (Å²) in [5.74, 6) is -0.141. The Morgan fingerprint density at radius 3 is 2.26 bits per heavy atom. The molecule has 0 aliphatic carbocycles. The van der Waals surface area contributed by atoms with Gasteiger partial charge < -0.3 is 0 Å². The van der Waals surface area contributed by atoms with Crippen LogP contribution in [0.4, 0.5) is 5.69 Å². The summed E-state index contributed by atoms with van der Waals surface area (Å²) in [4.78, 5) is 12.2. The SMILES string of the molecule is CC(=O)C[C@@H]1C=C(c2ccc(Br)cc2)N(S(=O)(=O)c2ccc(C)cc2)c2ccccc21. The summed E-state index contributed by atoms with van der Waals surface area (Å²) in [7, 11) is -3.88. The molecule has 1 aliphatic rings. The molecule has 0 unspecified atom stereocenters. The van der Waals surface area contributed by atoms with Crippen molar-refractivity contribution < 1.29 is 13.2 Å². The molecule has 0 amide bonds. The maximum atomic E-state index is 13.8. The van der Waals surface area contributed by atoms with Crippen molar-refractivity contribution in [2.24, 2.45) is 0 Å². The second-order valence-corrected chi connectivity index (χ2v) is 10.4. The van der Waals surface area contributed by atoms with Crippen LogP contribution in [0.15, 0.2) is 88.2 Å². The van der Waals surface area contributed by atoms with Gasteiger partial charge in [-0.05, 0) is 55.3 Å². The minimum absolute atomic E-state index is 0.0565. The van der Waals surface area contributed by atoms with Crippen LogP contribution in [0.25, 0.3) is 5.70 Å². The number of anilines is 1. The standard InChI is InChI=1S/C25H22BrNO3S/c1-17-7-13-22(14-8-17)31(29,30)27-24-6-4-3-5-23(24)20(15-18(2)28)16-25(27)19-9-11-21(26)12-10-19/h3-14,16,20H,15H2,1-2H3/t20-/m1/s1. The van der Waals surface area contributed by atoms with E-state index in [9.17, 15) is 13.2 Å². The number of sulfonamides is 1. The number of rotatable bonds is 5. The van der Waals surface area contributed by atoms with E-state index in [1.54, 1.807) is 37.3 Å². The van der Waals surface area contributed by atoms with Crippen LogP contribution >= 0.6 is 15.9 Å². The second-order valence-electron chi connectivity index (χ2n) is 7.71. The predicted molar refractivity (Wildman–Crippen MR) is 127 cm³/mol. The Balaban J connectivity index is 1.96. The smallest absolute Gasteiger partial charge is 0.268 e.